The predicted octanol–water partition coefficient (Wildman–Crippen LogP) is 0.109. The van der Waals surface area contributed by atoms with Gasteiger partial charge in [-0.15, -0.1) is 0 Å². The molecule has 0 aromatic carbocycles. The first-order valence-corrected chi connectivity index (χ1v) is 8.88. The molecule has 2 amide bonds. The Kier molecular flexibility index (Phi) is 4.99. The number of nitrogens with zero attached hydrogens (tertiary/aromatic N) is 3. The summed E-state index contributed by atoms with van der Waals surface area (Å²) in [5.74, 6) is 0.0695. The molecular weight excluding hydrogens is 322 g/mol. The number of carbonyl (C=O) groups excluding carboxylic acids is 2. The number of likely N-dealkylation sites (N-methyl/N-ethyl adjacent to an activating group) is 1. The Balaban J connectivity index is 1.69. The third-order valence-corrected chi connectivity index (χ3v) is 5.34. The van der Waals surface area contributed by atoms with Gasteiger partial charge in [0, 0.05) is 50.8 Å². The van der Waals surface area contributed by atoms with Crippen molar-refractivity contribution in [3.63, 3.8) is 0 Å². The quantitative estimate of drug-likeness (QED) is 0.807. The summed E-state index contributed by atoms with van der Waals surface area (Å²) in [5, 5.41) is 0. The Bertz CT molecular complexity index is 694. The van der Waals surface area contributed by atoms with E-state index < -0.39 is 0 Å². The molecule has 8 nitrogen and oxygen atoms in total. The van der Waals surface area contributed by atoms with E-state index in [1.807, 2.05) is 23.9 Å². The number of hydrogen-bond donors (Lipinski definition) is 2. The third kappa shape index (κ3) is 3.95. The van der Waals surface area contributed by atoms with Crippen molar-refractivity contribution in [2.45, 2.75) is 25.7 Å². The van der Waals surface area contributed by atoms with Crippen molar-refractivity contribution >= 4 is 11.8 Å². The van der Waals surface area contributed by atoms with Gasteiger partial charge in [0.05, 0.1) is 0 Å². The Morgan fingerprint density at radius 2 is 2.08 bits per heavy atom. The lowest BCUT2D eigenvalue weighted by molar-refractivity contribution is -0.139. The maximum Gasteiger partial charge on any atom is 0.323 e. The molecule has 0 radical (unpaired) electrons. The van der Waals surface area contributed by atoms with Gasteiger partial charge in [0.15, 0.2) is 0 Å². The van der Waals surface area contributed by atoms with Crippen LogP contribution in [0.1, 0.15) is 36.2 Å². The smallest absolute Gasteiger partial charge is 0.323 e. The van der Waals surface area contributed by atoms with E-state index in [1.165, 1.54) is 6.20 Å². The second-order valence-corrected chi connectivity index (χ2v) is 7.61. The van der Waals surface area contributed by atoms with Crippen molar-refractivity contribution in [3.8, 4) is 0 Å². The second-order valence-electron chi connectivity index (χ2n) is 7.61. The maximum absolute atomic E-state index is 12.6. The van der Waals surface area contributed by atoms with Crippen LogP contribution in [0.3, 0.4) is 0 Å². The summed E-state index contributed by atoms with van der Waals surface area (Å²) in [6, 6.07) is 0. The van der Waals surface area contributed by atoms with E-state index in [4.69, 9.17) is 0 Å². The molecule has 0 aliphatic carbocycles. The highest BCUT2D eigenvalue weighted by Gasteiger charge is 2.42. The first kappa shape index (κ1) is 17.7. The van der Waals surface area contributed by atoms with Crippen LogP contribution in [0.2, 0.25) is 0 Å². The number of likely N-dealkylation sites (tertiary alicyclic amines) is 2. The molecule has 1 aromatic rings. The fraction of sp³-hybridized carbons (Fsp3) is 0.706. The molecule has 1 aromatic heterocycles. The zero-order valence-electron chi connectivity index (χ0n) is 15.0. The molecule has 3 heterocycles. The van der Waals surface area contributed by atoms with Crippen LogP contribution in [0.25, 0.3) is 0 Å². The molecular formula is C17H27N5O3. The average molecular weight is 349 g/mol. The Morgan fingerprint density at radius 3 is 2.76 bits per heavy atom. The van der Waals surface area contributed by atoms with Crippen LogP contribution in [-0.2, 0) is 4.79 Å². The Hall–Kier alpha value is -2.09. The maximum atomic E-state index is 12.6. The van der Waals surface area contributed by atoms with Crippen LogP contribution in [0, 0.1) is 5.41 Å². The van der Waals surface area contributed by atoms with Crippen molar-refractivity contribution in [2.75, 3.05) is 46.8 Å². The topological polar surface area (TPSA) is 92.5 Å². The monoisotopic (exact) mass is 349 g/mol. The summed E-state index contributed by atoms with van der Waals surface area (Å²) in [7, 11) is 4.01. The van der Waals surface area contributed by atoms with Crippen molar-refractivity contribution in [1.82, 2.24) is 24.7 Å². The first-order valence-electron chi connectivity index (χ1n) is 8.88. The number of nitrogens with one attached hydrogen (secondary N) is 2. The SMILES string of the molecule is CN(C)CCN1CC2(CCCN(C(=O)c3c[nH]c(=O)[nH]3)C2)CCC1=O. The van der Waals surface area contributed by atoms with Gasteiger partial charge >= 0.3 is 5.69 Å². The molecule has 2 aliphatic heterocycles. The molecule has 2 N–H and O–H groups in total. The molecule has 8 heteroatoms. The summed E-state index contributed by atoms with van der Waals surface area (Å²) >= 11 is 0. The first-order chi connectivity index (χ1) is 11.9. The van der Waals surface area contributed by atoms with Gasteiger partial charge in [0.2, 0.25) is 5.91 Å². The van der Waals surface area contributed by atoms with Crippen LogP contribution >= 0.6 is 0 Å². The van der Waals surface area contributed by atoms with Gasteiger partial charge in [0.1, 0.15) is 5.69 Å². The van der Waals surface area contributed by atoms with E-state index in [-0.39, 0.29) is 22.9 Å². The lowest BCUT2D eigenvalue weighted by atomic mass is 9.73. The second kappa shape index (κ2) is 7.03. The zero-order valence-corrected chi connectivity index (χ0v) is 15.0. The minimum absolute atomic E-state index is 0.0231. The molecule has 0 bridgehead atoms. The van der Waals surface area contributed by atoms with E-state index >= 15 is 0 Å². The molecule has 1 atom stereocenters. The van der Waals surface area contributed by atoms with E-state index in [0.717, 1.165) is 32.4 Å². The van der Waals surface area contributed by atoms with Crippen LogP contribution in [0.4, 0.5) is 0 Å². The summed E-state index contributed by atoms with van der Waals surface area (Å²) in [5.41, 5.74) is -0.0864. The van der Waals surface area contributed by atoms with Crippen LogP contribution in [0.15, 0.2) is 11.0 Å². The van der Waals surface area contributed by atoms with Crippen LogP contribution in [0.5, 0.6) is 0 Å². The molecule has 2 saturated heterocycles. The third-order valence-electron chi connectivity index (χ3n) is 5.34. The van der Waals surface area contributed by atoms with Crippen molar-refractivity contribution in [3.05, 3.63) is 22.4 Å². The van der Waals surface area contributed by atoms with Crippen LogP contribution in [-0.4, -0.2) is 83.3 Å². The lowest BCUT2D eigenvalue weighted by Gasteiger charge is -2.48. The molecule has 1 unspecified atom stereocenters. The molecule has 3 rings (SSSR count). The van der Waals surface area contributed by atoms with E-state index in [2.05, 4.69) is 14.9 Å². The number of piperidine rings is 2. The summed E-state index contributed by atoms with van der Waals surface area (Å²) in [6.45, 7) is 3.62. The summed E-state index contributed by atoms with van der Waals surface area (Å²) in [6.07, 6.45) is 4.77. The van der Waals surface area contributed by atoms with Crippen molar-refractivity contribution < 1.29 is 9.59 Å². The predicted molar refractivity (Wildman–Crippen MR) is 93.4 cm³/mol. The minimum atomic E-state index is -0.367. The van der Waals surface area contributed by atoms with E-state index in [1.54, 1.807) is 0 Å². The van der Waals surface area contributed by atoms with Gasteiger partial charge in [-0.05, 0) is 33.4 Å². The molecule has 25 heavy (non-hydrogen) atoms. The molecule has 2 aliphatic rings. The van der Waals surface area contributed by atoms with E-state index in [9.17, 15) is 14.4 Å². The fourth-order valence-electron chi connectivity index (χ4n) is 3.96. The van der Waals surface area contributed by atoms with Gasteiger partial charge in [-0.2, -0.15) is 0 Å². The highest BCUT2D eigenvalue weighted by molar-refractivity contribution is 5.92. The average Bonchev–Trinajstić information content (AvgIpc) is 3.02. The number of imidazole rings is 1. The van der Waals surface area contributed by atoms with Gasteiger partial charge in [-0.25, -0.2) is 4.79 Å². The van der Waals surface area contributed by atoms with Crippen molar-refractivity contribution in [1.29, 1.82) is 0 Å². The fourth-order valence-corrected chi connectivity index (χ4v) is 3.96. The zero-order chi connectivity index (χ0) is 18.0. The molecule has 2 fully saturated rings. The standard InChI is InChI=1S/C17H27N5O3/c1-20(2)8-9-21-11-17(6-4-14(21)23)5-3-7-22(12-17)15(24)13-10-18-16(25)19-13/h10H,3-9,11-12H2,1-2H3,(H2,18,19,25). The van der Waals surface area contributed by atoms with Gasteiger partial charge in [0.25, 0.3) is 5.91 Å². The number of carbonyl (C=O) groups is 2. The van der Waals surface area contributed by atoms with Gasteiger partial charge in [-0.3, -0.25) is 9.59 Å². The Morgan fingerprint density at radius 1 is 1.28 bits per heavy atom. The molecule has 0 saturated carbocycles. The highest BCUT2D eigenvalue weighted by atomic mass is 16.2. The van der Waals surface area contributed by atoms with Gasteiger partial charge in [-0.1, -0.05) is 0 Å². The largest absolute Gasteiger partial charge is 0.341 e. The normalized spacial score (nSPS) is 24.4. The highest BCUT2D eigenvalue weighted by Crippen LogP contribution is 2.39. The summed E-state index contributed by atoms with van der Waals surface area (Å²) < 4.78 is 0. The van der Waals surface area contributed by atoms with Crippen LogP contribution < -0.4 is 5.69 Å². The minimum Gasteiger partial charge on any atom is -0.341 e. The molecule has 138 valence electrons. The number of aromatic amines is 2. The summed E-state index contributed by atoms with van der Waals surface area (Å²) in [4.78, 5) is 47.0. The van der Waals surface area contributed by atoms with E-state index in [0.29, 0.717) is 31.7 Å². The molecule has 1 spiro atoms. The van der Waals surface area contributed by atoms with Crippen molar-refractivity contribution in [2.24, 2.45) is 5.41 Å². The number of amides is 2. The number of aromatic nitrogens is 2. The number of rotatable bonds is 4. The lowest BCUT2D eigenvalue weighted by Crippen LogP contribution is -2.55. The van der Waals surface area contributed by atoms with Gasteiger partial charge < -0.3 is 24.7 Å². The Labute approximate surface area is 147 Å². The number of H-pyrrole nitrogens is 2. The number of hydrogen-bond acceptors (Lipinski definition) is 4.